The van der Waals surface area contributed by atoms with Gasteiger partial charge in [-0.05, 0) is 81.1 Å². The number of hydrogen-bond acceptors (Lipinski definition) is 9. The first kappa shape index (κ1) is 42.6. The van der Waals surface area contributed by atoms with Gasteiger partial charge < -0.3 is 36.4 Å². The second-order valence-electron chi connectivity index (χ2n) is 14.1. The molecule has 1 aromatic rings. The number of carbonyl (C=O) groups excluding carboxylic acids is 5. The third-order valence-corrected chi connectivity index (χ3v) is 7.90. The van der Waals surface area contributed by atoms with Gasteiger partial charge in [0.15, 0.2) is 0 Å². The summed E-state index contributed by atoms with van der Waals surface area (Å²) in [6.45, 7) is 16.4. The van der Waals surface area contributed by atoms with E-state index in [1.807, 2.05) is 34.0 Å². The molecule has 1 unspecified atom stereocenters. The number of amides is 5. The van der Waals surface area contributed by atoms with E-state index in [4.69, 9.17) is 4.74 Å². The molecule has 48 heavy (non-hydrogen) atoms. The molecule has 14 heteroatoms. The van der Waals surface area contributed by atoms with Crippen LogP contribution in [0.2, 0.25) is 0 Å². The first-order valence-electron chi connectivity index (χ1n) is 16.6. The number of alkyl carbamates (subject to hydrolysis) is 1. The molecule has 0 saturated carbocycles. The van der Waals surface area contributed by atoms with Gasteiger partial charge in [0.2, 0.25) is 23.6 Å². The van der Waals surface area contributed by atoms with E-state index >= 15 is 0 Å². The van der Waals surface area contributed by atoms with Gasteiger partial charge in [0.1, 0.15) is 23.7 Å². The highest BCUT2D eigenvalue weighted by Gasteiger charge is 2.33. The van der Waals surface area contributed by atoms with Gasteiger partial charge in [0.05, 0.1) is 18.6 Å². The van der Waals surface area contributed by atoms with Crippen molar-refractivity contribution in [3.63, 3.8) is 0 Å². The number of aromatic nitrogens is 1. The summed E-state index contributed by atoms with van der Waals surface area (Å²) in [5, 5.41) is 25.0. The molecular weight excluding hydrogens is 636 g/mol. The van der Waals surface area contributed by atoms with Crippen molar-refractivity contribution in [3.05, 3.63) is 30.1 Å². The average Bonchev–Trinajstić information content (AvgIpc) is 2.98. The zero-order valence-electron chi connectivity index (χ0n) is 30.2. The summed E-state index contributed by atoms with van der Waals surface area (Å²) in [6, 6.07) is -0.000143. The molecular formula is C34H58N6O7S. The summed E-state index contributed by atoms with van der Waals surface area (Å²) >= 11 is 1.50. The number of nitrogens with one attached hydrogen (secondary N) is 5. The van der Waals surface area contributed by atoms with Gasteiger partial charge in [0, 0.05) is 18.9 Å². The number of carbonyl (C=O) groups is 5. The van der Waals surface area contributed by atoms with Crippen LogP contribution in [0.5, 0.6) is 0 Å². The lowest BCUT2D eigenvalue weighted by molar-refractivity contribution is -0.133. The van der Waals surface area contributed by atoms with Crippen LogP contribution in [-0.4, -0.2) is 87.7 Å². The van der Waals surface area contributed by atoms with E-state index in [9.17, 15) is 29.1 Å². The van der Waals surface area contributed by atoms with Gasteiger partial charge in [-0.25, -0.2) is 4.79 Å². The van der Waals surface area contributed by atoms with Crippen molar-refractivity contribution in [3.8, 4) is 0 Å². The van der Waals surface area contributed by atoms with Crippen molar-refractivity contribution in [2.24, 2.45) is 17.8 Å². The first-order chi connectivity index (χ1) is 22.3. The summed E-state index contributed by atoms with van der Waals surface area (Å²) in [4.78, 5) is 69.4. The van der Waals surface area contributed by atoms with Crippen molar-refractivity contribution in [2.45, 2.75) is 124 Å². The normalized spacial score (nSPS) is 14.8. The summed E-state index contributed by atoms with van der Waals surface area (Å²) in [7, 11) is 0. The number of ether oxygens (including phenoxy) is 1. The Hall–Kier alpha value is -3.39. The zero-order valence-corrected chi connectivity index (χ0v) is 31.0. The fraction of sp³-hybridized carbons (Fsp3) is 0.706. The molecule has 0 aliphatic rings. The Morgan fingerprint density at radius 1 is 0.854 bits per heavy atom. The van der Waals surface area contributed by atoms with Crippen molar-refractivity contribution in [2.75, 3.05) is 12.0 Å². The lowest BCUT2D eigenvalue weighted by Gasteiger charge is -2.30. The highest BCUT2D eigenvalue weighted by atomic mass is 32.2. The van der Waals surface area contributed by atoms with E-state index in [1.54, 1.807) is 59.1 Å². The quantitative estimate of drug-likeness (QED) is 0.127. The summed E-state index contributed by atoms with van der Waals surface area (Å²) in [5.41, 5.74) is 0.107. The molecule has 1 aromatic heterocycles. The number of aliphatic hydroxyl groups is 1. The standard InChI is InChI=1S/C34H58N6O7S/c1-20(2)17-25(26(41)18-27(42)39-28(21(3)4)31(44)36-19-23-11-14-35-15-12-23)38-30(43)24(13-16-48-10)37-32(45)29(22(5)6)40-33(46)47-34(7,8)9/h11-12,14-15,20-22,24-26,28-29,41H,13,16-19H2,1-10H3,(H,36,44)(H,37,45)(H,38,43)(H,39,42)(H,40,46)/t24-,25?,26-,28+,29-/m0/s1. The van der Waals surface area contributed by atoms with Gasteiger partial charge in [-0.1, -0.05) is 41.5 Å². The van der Waals surface area contributed by atoms with Crippen LogP contribution in [0.4, 0.5) is 4.79 Å². The van der Waals surface area contributed by atoms with Crippen LogP contribution in [0, 0.1) is 17.8 Å². The van der Waals surface area contributed by atoms with Crippen LogP contribution < -0.4 is 26.6 Å². The minimum Gasteiger partial charge on any atom is -0.444 e. The van der Waals surface area contributed by atoms with Crippen molar-refractivity contribution in [1.82, 2.24) is 31.6 Å². The lowest BCUT2D eigenvalue weighted by Crippen LogP contribution is -2.58. The molecule has 13 nitrogen and oxygen atoms in total. The predicted octanol–water partition coefficient (Wildman–Crippen LogP) is 2.91. The minimum atomic E-state index is -1.27. The molecule has 0 fully saturated rings. The molecule has 5 amide bonds. The molecule has 0 aromatic carbocycles. The maximum Gasteiger partial charge on any atom is 0.408 e. The van der Waals surface area contributed by atoms with E-state index in [-0.39, 0.29) is 36.6 Å². The Bertz CT molecular complexity index is 1180. The van der Waals surface area contributed by atoms with Crippen LogP contribution in [0.25, 0.3) is 0 Å². The fourth-order valence-electron chi connectivity index (χ4n) is 4.74. The number of thioether (sulfide) groups is 1. The lowest BCUT2D eigenvalue weighted by atomic mass is 9.96. The maximum absolute atomic E-state index is 13.6. The van der Waals surface area contributed by atoms with Crippen LogP contribution in [-0.2, 0) is 30.5 Å². The molecule has 0 bridgehead atoms. The SMILES string of the molecule is CSCC[C@H](NC(=O)[C@@H](NC(=O)OC(C)(C)C)C(C)C)C(=O)NC(CC(C)C)[C@@H](O)CC(=O)N[C@@H](C(=O)NCc1ccncc1)C(C)C. The van der Waals surface area contributed by atoms with Crippen LogP contribution in [0.3, 0.4) is 0 Å². The van der Waals surface area contributed by atoms with Gasteiger partial charge in [-0.3, -0.25) is 24.2 Å². The molecule has 6 N–H and O–H groups in total. The van der Waals surface area contributed by atoms with Crippen molar-refractivity contribution >= 4 is 41.5 Å². The Morgan fingerprint density at radius 3 is 1.96 bits per heavy atom. The number of nitrogens with zero attached hydrogens (tertiary/aromatic N) is 1. The zero-order chi connectivity index (χ0) is 36.6. The number of hydrogen-bond donors (Lipinski definition) is 6. The molecule has 0 saturated heterocycles. The van der Waals surface area contributed by atoms with Crippen LogP contribution in [0.1, 0.15) is 87.1 Å². The molecule has 0 aliphatic heterocycles. The third-order valence-electron chi connectivity index (χ3n) is 7.26. The van der Waals surface area contributed by atoms with Crippen molar-refractivity contribution in [1.29, 1.82) is 0 Å². The number of pyridine rings is 1. The van der Waals surface area contributed by atoms with Gasteiger partial charge >= 0.3 is 6.09 Å². The Labute approximate surface area is 290 Å². The van der Waals surface area contributed by atoms with E-state index < -0.39 is 59.7 Å². The smallest absolute Gasteiger partial charge is 0.408 e. The number of aliphatic hydroxyl groups excluding tert-OH is 1. The van der Waals surface area contributed by atoms with E-state index in [2.05, 4.69) is 31.6 Å². The highest BCUT2D eigenvalue weighted by molar-refractivity contribution is 7.98. The van der Waals surface area contributed by atoms with E-state index in [0.717, 1.165) is 5.56 Å². The molecule has 272 valence electrons. The maximum atomic E-state index is 13.6. The summed E-state index contributed by atoms with van der Waals surface area (Å²) in [5.74, 6) is -1.87. The second-order valence-corrected chi connectivity index (χ2v) is 15.1. The summed E-state index contributed by atoms with van der Waals surface area (Å²) in [6.07, 6.45) is 3.43. The molecule has 0 radical (unpaired) electrons. The molecule has 1 rings (SSSR count). The largest absolute Gasteiger partial charge is 0.444 e. The predicted molar refractivity (Wildman–Crippen MR) is 188 cm³/mol. The van der Waals surface area contributed by atoms with E-state index in [1.165, 1.54) is 11.8 Å². The third kappa shape index (κ3) is 16.6. The molecule has 0 spiro atoms. The Morgan fingerprint density at radius 2 is 1.44 bits per heavy atom. The average molecular weight is 695 g/mol. The molecule has 1 heterocycles. The first-order valence-corrected chi connectivity index (χ1v) is 18.0. The van der Waals surface area contributed by atoms with Gasteiger partial charge in [0.25, 0.3) is 0 Å². The van der Waals surface area contributed by atoms with Crippen LogP contribution in [0.15, 0.2) is 24.5 Å². The molecule has 0 aliphatic carbocycles. The van der Waals surface area contributed by atoms with Crippen LogP contribution >= 0.6 is 11.8 Å². The fourth-order valence-corrected chi connectivity index (χ4v) is 5.21. The molecule has 5 atom stereocenters. The Kier molecular flexibility index (Phi) is 18.5. The van der Waals surface area contributed by atoms with E-state index in [0.29, 0.717) is 18.6 Å². The second kappa shape index (κ2) is 20.9. The topological polar surface area (TPSA) is 188 Å². The minimum absolute atomic E-state index is 0.0537. The van der Waals surface area contributed by atoms with Crippen molar-refractivity contribution < 1.29 is 33.8 Å². The number of rotatable bonds is 19. The summed E-state index contributed by atoms with van der Waals surface area (Å²) < 4.78 is 5.32. The van der Waals surface area contributed by atoms with Gasteiger partial charge in [-0.2, -0.15) is 11.8 Å². The highest BCUT2D eigenvalue weighted by Crippen LogP contribution is 2.14. The Balaban J connectivity index is 3.00. The van der Waals surface area contributed by atoms with Gasteiger partial charge in [-0.15, -0.1) is 0 Å². The monoisotopic (exact) mass is 694 g/mol.